The van der Waals surface area contributed by atoms with Crippen molar-refractivity contribution >= 4 is 23.8 Å². The smallest absolute Gasteiger partial charge is 0.332 e. The maximum Gasteiger partial charge on any atom is 0.332 e. The van der Waals surface area contributed by atoms with Crippen LogP contribution < -0.4 is 10.1 Å². The summed E-state index contributed by atoms with van der Waals surface area (Å²) in [6.07, 6.45) is 3.43. The van der Waals surface area contributed by atoms with Gasteiger partial charge in [0.25, 0.3) is 0 Å². The summed E-state index contributed by atoms with van der Waals surface area (Å²) >= 11 is 0. The summed E-state index contributed by atoms with van der Waals surface area (Å²) in [5.74, 6) is -0.743. The molecule has 0 bridgehead atoms. The summed E-state index contributed by atoms with van der Waals surface area (Å²) in [4.78, 5) is 51.4. The first-order valence-corrected chi connectivity index (χ1v) is 13.1. The lowest BCUT2D eigenvalue weighted by molar-refractivity contribution is -0.154. The van der Waals surface area contributed by atoms with Gasteiger partial charge in [-0.1, -0.05) is 31.5 Å². The number of nitrogens with one attached hydrogen (secondary N) is 1. The van der Waals surface area contributed by atoms with Crippen molar-refractivity contribution < 1.29 is 38.1 Å². The predicted octanol–water partition coefficient (Wildman–Crippen LogP) is 2.24. The maximum absolute atomic E-state index is 13.1. The Morgan fingerprint density at radius 3 is 2.54 bits per heavy atom. The second-order valence-corrected chi connectivity index (χ2v) is 9.46. The Labute approximate surface area is 217 Å². The molecule has 10 nitrogen and oxygen atoms in total. The molecule has 0 aromatic heterocycles. The number of carbonyl (C=O) groups is 4. The van der Waals surface area contributed by atoms with E-state index in [1.807, 2.05) is 37.3 Å². The van der Waals surface area contributed by atoms with Gasteiger partial charge in [-0.15, -0.1) is 0 Å². The number of ether oxygens (including phenoxy) is 4. The van der Waals surface area contributed by atoms with Crippen LogP contribution >= 0.6 is 0 Å². The number of fused-ring (bicyclic) bond motifs is 1. The molecule has 0 spiro atoms. The fourth-order valence-electron chi connectivity index (χ4n) is 4.65. The van der Waals surface area contributed by atoms with Gasteiger partial charge in [0, 0.05) is 17.9 Å². The average Bonchev–Trinajstić information content (AvgIpc) is 3.49. The molecule has 0 unspecified atom stereocenters. The number of nitrogens with zero attached hydrogens (tertiary/aromatic N) is 1. The molecule has 1 heterocycles. The molecule has 10 heteroatoms. The number of para-hydroxylation sites is 1. The lowest BCUT2D eigenvalue weighted by Crippen LogP contribution is -2.48. The van der Waals surface area contributed by atoms with Crippen molar-refractivity contribution in [1.29, 1.82) is 0 Å². The number of benzene rings is 1. The van der Waals surface area contributed by atoms with Crippen molar-refractivity contribution in [2.24, 2.45) is 5.41 Å². The predicted molar refractivity (Wildman–Crippen MR) is 134 cm³/mol. The van der Waals surface area contributed by atoms with Gasteiger partial charge >= 0.3 is 11.9 Å². The van der Waals surface area contributed by atoms with Crippen molar-refractivity contribution in [2.45, 2.75) is 64.5 Å². The molecule has 1 aromatic carbocycles. The minimum Gasteiger partial charge on any atom is -0.494 e. The normalized spacial score (nSPS) is 21.6. The Kier molecular flexibility index (Phi) is 10.7. The largest absolute Gasteiger partial charge is 0.494 e. The molecule has 1 saturated heterocycles. The first kappa shape index (κ1) is 28.4. The Balaban J connectivity index is 1.48. The molecule has 204 valence electrons. The first-order valence-electron chi connectivity index (χ1n) is 13.1. The van der Waals surface area contributed by atoms with Crippen molar-refractivity contribution in [3.8, 4) is 5.75 Å². The number of esters is 2. The topological polar surface area (TPSA) is 120 Å². The monoisotopic (exact) mass is 518 g/mol. The van der Waals surface area contributed by atoms with Gasteiger partial charge in [-0.2, -0.15) is 0 Å². The Bertz CT molecular complexity index is 924. The highest BCUT2D eigenvalue weighted by atomic mass is 16.6. The number of amides is 2. The summed E-state index contributed by atoms with van der Waals surface area (Å²) < 4.78 is 21.5. The van der Waals surface area contributed by atoms with E-state index in [0.29, 0.717) is 32.5 Å². The van der Waals surface area contributed by atoms with Crippen LogP contribution in [0.4, 0.5) is 0 Å². The number of carbonyl (C=O) groups excluding carboxylic acids is 4. The third-order valence-electron chi connectivity index (χ3n) is 6.63. The van der Waals surface area contributed by atoms with Gasteiger partial charge in [0.1, 0.15) is 18.4 Å². The van der Waals surface area contributed by atoms with Crippen LogP contribution in [0.3, 0.4) is 0 Å². The summed E-state index contributed by atoms with van der Waals surface area (Å²) in [5.41, 5.74) is -0.393. The number of unbranched alkanes of at least 4 members (excludes halogenated alkanes) is 1. The SMILES string of the molecule is CCCCOC(=O)[C@@H]1C[C@]2(COCC(=O)OCC)C[C@@H]2N1C(=O)CNC(=O)CCCOc1ccccc1. The maximum atomic E-state index is 13.1. The van der Waals surface area contributed by atoms with Crippen LogP contribution in [0.25, 0.3) is 0 Å². The summed E-state index contributed by atoms with van der Waals surface area (Å²) in [6.45, 7) is 4.55. The number of rotatable bonds is 16. The van der Waals surface area contributed by atoms with Gasteiger partial charge in [-0.25, -0.2) is 9.59 Å². The molecule has 0 radical (unpaired) electrons. The summed E-state index contributed by atoms with van der Waals surface area (Å²) in [7, 11) is 0. The quantitative estimate of drug-likeness (QED) is 0.261. The molecule has 37 heavy (non-hydrogen) atoms. The van der Waals surface area contributed by atoms with Crippen molar-refractivity contribution in [1.82, 2.24) is 10.2 Å². The highest BCUT2D eigenvalue weighted by Crippen LogP contribution is 2.59. The zero-order valence-electron chi connectivity index (χ0n) is 21.7. The minimum atomic E-state index is -0.731. The van der Waals surface area contributed by atoms with E-state index in [1.54, 1.807) is 11.8 Å². The molecule has 3 atom stereocenters. The third-order valence-corrected chi connectivity index (χ3v) is 6.63. The molecule has 2 amide bonds. The van der Waals surface area contributed by atoms with Crippen LogP contribution in [0.2, 0.25) is 0 Å². The van der Waals surface area contributed by atoms with E-state index in [0.717, 1.165) is 18.6 Å². The molecule has 1 aliphatic heterocycles. The van der Waals surface area contributed by atoms with Gasteiger partial charge in [-0.3, -0.25) is 9.59 Å². The molecule has 1 aromatic rings. The summed E-state index contributed by atoms with van der Waals surface area (Å²) in [5, 5.41) is 2.66. The average molecular weight is 519 g/mol. The Hall–Kier alpha value is -3.14. The molecule has 3 rings (SSSR count). The highest BCUT2D eigenvalue weighted by molar-refractivity contribution is 5.90. The van der Waals surface area contributed by atoms with Gasteiger partial charge < -0.3 is 29.2 Å². The van der Waals surface area contributed by atoms with Crippen molar-refractivity contribution in [3.05, 3.63) is 30.3 Å². The Morgan fingerprint density at radius 1 is 1.03 bits per heavy atom. The van der Waals surface area contributed by atoms with Crippen LogP contribution in [0.1, 0.15) is 52.4 Å². The number of hydrogen-bond donors (Lipinski definition) is 1. The molecular formula is C27H38N2O8. The van der Waals surface area contributed by atoms with Crippen molar-refractivity contribution in [2.75, 3.05) is 39.6 Å². The van der Waals surface area contributed by atoms with E-state index < -0.39 is 23.4 Å². The standard InChI is InChI=1S/C27H38N2O8/c1-3-5-13-37-26(33)21-15-27(19-34-18-25(32)35-4-2)16-22(27)29(21)24(31)17-28-23(30)12-9-14-36-20-10-7-6-8-11-20/h6-8,10-11,21-22H,3-5,9,12-19H2,1-2H3,(H,28,30)/t21-,22-,27+/m0/s1. The van der Waals surface area contributed by atoms with Crippen LogP contribution in [0.5, 0.6) is 5.75 Å². The van der Waals surface area contributed by atoms with E-state index >= 15 is 0 Å². The number of likely N-dealkylation sites (tertiary alicyclic amines) is 1. The zero-order valence-corrected chi connectivity index (χ0v) is 21.7. The lowest BCUT2D eigenvalue weighted by atomic mass is 10.0. The minimum absolute atomic E-state index is 0.175. The zero-order chi connectivity index (χ0) is 26.7. The lowest BCUT2D eigenvalue weighted by Gasteiger charge is -2.26. The molecule has 1 aliphatic carbocycles. The molecule has 1 N–H and O–H groups in total. The highest BCUT2D eigenvalue weighted by Gasteiger charge is 2.67. The molecule has 2 aliphatic rings. The molecule has 2 fully saturated rings. The van der Waals surface area contributed by atoms with Gasteiger partial charge in [-0.05, 0) is 44.7 Å². The van der Waals surface area contributed by atoms with Crippen LogP contribution in [-0.4, -0.2) is 80.3 Å². The third kappa shape index (κ3) is 8.18. The summed E-state index contributed by atoms with van der Waals surface area (Å²) in [6, 6.07) is 8.42. The fourth-order valence-corrected chi connectivity index (χ4v) is 4.65. The second-order valence-electron chi connectivity index (χ2n) is 9.46. The van der Waals surface area contributed by atoms with Crippen molar-refractivity contribution in [3.63, 3.8) is 0 Å². The van der Waals surface area contributed by atoms with E-state index in [4.69, 9.17) is 18.9 Å². The number of piperidine rings is 1. The first-order chi connectivity index (χ1) is 17.9. The van der Waals surface area contributed by atoms with Crippen LogP contribution in [-0.2, 0) is 33.4 Å². The van der Waals surface area contributed by atoms with E-state index in [2.05, 4.69) is 5.32 Å². The van der Waals surface area contributed by atoms with Gasteiger partial charge in [0.2, 0.25) is 11.8 Å². The van der Waals surface area contributed by atoms with Crippen LogP contribution in [0, 0.1) is 5.41 Å². The molecular weight excluding hydrogens is 480 g/mol. The fraction of sp³-hybridized carbons (Fsp3) is 0.630. The van der Waals surface area contributed by atoms with Gasteiger partial charge in [0.15, 0.2) is 0 Å². The number of hydrogen-bond acceptors (Lipinski definition) is 8. The van der Waals surface area contributed by atoms with E-state index in [1.165, 1.54) is 0 Å². The van der Waals surface area contributed by atoms with Gasteiger partial charge in [0.05, 0.1) is 33.0 Å². The van der Waals surface area contributed by atoms with E-state index in [-0.39, 0.29) is 50.6 Å². The second kappa shape index (κ2) is 14.0. The Morgan fingerprint density at radius 2 is 1.81 bits per heavy atom. The van der Waals surface area contributed by atoms with E-state index in [9.17, 15) is 19.2 Å². The molecule has 1 saturated carbocycles. The van der Waals surface area contributed by atoms with Crippen LogP contribution in [0.15, 0.2) is 30.3 Å².